The first-order chi connectivity index (χ1) is 22.4. The minimum absolute atomic E-state index is 0.0837. The van der Waals surface area contributed by atoms with E-state index in [4.69, 9.17) is 24.3 Å². The second-order valence-electron chi connectivity index (χ2n) is 11.7. The zero-order chi connectivity index (χ0) is 32.0. The number of hydrogen-bond acceptors (Lipinski definition) is 8. The number of carbonyl (C=O) groups excluding carboxylic acids is 1. The number of ether oxygens (including phenoxy) is 3. The van der Waals surface area contributed by atoms with E-state index < -0.39 is 6.04 Å². The predicted octanol–water partition coefficient (Wildman–Crippen LogP) is 8.78. The Hall–Kier alpha value is -3.76. The smallest absolute Gasteiger partial charge is 0.338 e. The maximum Gasteiger partial charge on any atom is 0.338 e. The molecule has 8 nitrogen and oxygen atoms in total. The fraction of sp³-hybridized carbons (Fsp3) is 0.361. The van der Waals surface area contributed by atoms with Gasteiger partial charge in [0.25, 0.3) is 0 Å². The summed E-state index contributed by atoms with van der Waals surface area (Å²) in [6.45, 7) is 6.74. The van der Waals surface area contributed by atoms with Crippen molar-refractivity contribution in [1.29, 1.82) is 0 Å². The van der Waals surface area contributed by atoms with E-state index in [0.717, 1.165) is 47.0 Å². The van der Waals surface area contributed by atoms with Crippen LogP contribution >= 0.6 is 27.7 Å². The Morgan fingerprint density at radius 1 is 1.00 bits per heavy atom. The van der Waals surface area contributed by atoms with Gasteiger partial charge in [0.2, 0.25) is 11.1 Å². The third-order valence-corrected chi connectivity index (χ3v) is 9.74. The van der Waals surface area contributed by atoms with Gasteiger partial charge in [-0.1, -0.05) is 78.3 Å². The molecule has 1 aliphatic heterocycles. The lowest BCUT2D eigenvalue weighted by Crippen LogP contribution is -2.32. The lowest BCUT2D eigenvalue weighted by Gasteiger charge is -2.30. The van der Waals surface area contributed by atoms with E-state index in [9.17, 15) is 4.79 Å². The largest absolute Gasteiger partial charge is 0.490 e. The van der Waals surface area contributed by atoms with Crippen LogP contribution in [-0.2, 0) is 21.9 Å². The Labute approximate surface area is 283 Å². The average molecular weight is 704 g/mol. The molecule has 4 aromatic rings. The standard InChI is InChI=1S/C36H39BrN4O4S/c1-4-43-30-20-27(19-29(37)33(30)44-21-25-17-15-23(2)16-18-25)32-31(34(42)45-28-13-9-6-10-14-28)24(3)38-35-39-36(40-41(32)35)46-22-26-11-7-5-8-12-26/h5,7-8,11-12,15-20,28,32H,4,6,9-10,13-14,21-22H2,1-3H3,(H,38,39,40). The first kappa shape index (κ1) is 32.2. The summed E-state index contributed by atoms with van der Waals surface area (Å²) in [6.07, 6.45) is 5.01. The molecule has 0 radical (unpaired) electrons. The highest BCUT2D eigenvalue weighted by molar-refractivity contribution is 9.10. The van der Waals surface area contributed by atoms with E-state index in [-0.39, 0.29) is 12.1 Å². The molecule has 1 aromatic heterocycles. The van der Waals surface area contributed by atoms with Crippen LogP contribution in [0.3, 0.4) is 0 Å². The van der Waals surface area contributed by atoms with E-state index in [0.29, 0.717) is 47.1 Å². The zero-order valence-corrected chi connectivity index (χ0v) is 28.8. The van der Waals surface area contributed by atoms with Gasteiger partial charge in [0.15, 0.2) is 11.5 Å². The number of thioether (sulfide) groups is 1. The van der Waals surface area contributed by atoms with Crippen molar-refractivity contribution in [2.24, 2.45) is 0 Å². The number of esters is 1. The minimum atomic E-state index is -0.590. The van der Waals surface area contributed by atoms with Crippen LogP contribution in [0.2, 0.25) is 0 Å². The van der Waals surface area contributed by atoms with Crippen molar-refractivity contribution in [3.8, 4) is 11.5 Å². The van der Waals surface area contributed by atoms with Gasteiger partial charge < -0.3 is 19.5 Å². The van der Waals surface area contributed by atoms with Gasteiger partial charge in [0.1, 0.15) is 18.8 Å². The van der Waals surface area contributed by atoms with Crippen molar-refractivity contribution in [3.05, 3.63) is 105 Å². The molecular formula is C36H39BrN4O4S. The average Bonchev–Trinajstić information content (AvgIpc) is 3.47. The van der Waals surface area contributed by atoms with Gasteiger partial charge in [-0.25, -0.2) is 9.48 Å². The molecule has 46 heavy (non-hydrogen) atoms. The number of fused-ring (bicyclic) bond motifs is 1. The highest BCUT2D eigenvalue weighted by atomic mass is 79.9. The van der Waals surface area contributed by atoms with Crippen LogP contribution < -0.4 is 14.8 Å². The Kier molecular flexibility index (Phi) is 10.3. The molecule has 2 aliphatic rings. The Bertz CT molecular complexity index is 1700. The minimum Gasteiger partial charge on any atom is -0.490 e. The number of benzene rings is 3. The summed E-state index contributed by atoms with van der Waals surface area (Å²) in [5.74, 6) is 2.14. The van der Waals surface area contributed by atoms with Crippen LogP contribution in [0.25, 0.3) is 0 Å². The normalized spacial score (nSPS) is 16.5. The molecule has 1 aliphatic carbocycles. The second kappa shape index (κ2) is 14.8. The highest BCUT2D eigenvalue weighted by Gasteiger charge is 2.37. The van der Waals surface area contributed by atoms with Gasteiger partial charge in [0.05, 0.1) is 16.7 Å². The molecule has 6 rings (SSSR count). The molecule has 0 bridgehead atoms. The number of nitrogens with one attached hydrogen (secondary N) is 1. The molecule has 10 heteroatoms. The van der Waals surface area contributed by atoms with Crippen molar-refractivity contribution in [1.82, 2.24) is 14.8 Å². The first-order valence-electron chi connectivity index (χ1n) is 15.9. The zero-order valence-electron chi connectivity index (χ0n) is 26.4. The third kappa shape index (κ3) is 7.44. The number of aromatic nitrogens is 3. The molecule has 0 saturated heterocycles. The Balaban J connectivity index is 1.36. The quantitative estimate of drug-likeness (QED) is 0.123. The van der Waals surface area contributed by atoms with Gasteiger partial charge >= 0.3 is 5.97 Å². The second-order valence-corrected chi connectivity index (χ2v) is 13.5. The molecule has 0 spiro atoms. The van der Waals surface area contributed by atoms with E-state index >= 15 is 0 Å². The van der Waals surface area contributed by atoms with Crippen molar-refractivity contribution < 1.29 is 19.0 Å². The molecule has 1 N–H and O–H groups in total. The Morgan fingerprint density at radius 3 is 2.50 bits per heavy atom. The summed E-state index contributed by atoms with van der Waals surface area (Å²) in [4.78, 5) is 18.8. The first-order valence-corrected chi connectivity index (χ1v) is 17.6. The van der Waals surface area contributed by atoms with Crippen LogP contribution in [0.15, 0.2) is 87.6 Å². The van der Waals surface area contributed by atoms with Crippen LogP contribution in [-0.4, -0.2) is 33.4 Å². The van der Waals surface area contributed by atoms with Gasteiger partial charge in [-0.15, -0.1) is 5.10 Å². The van der Waals surface area contributed by atoms with Gasteiger partial charge in [-0.2, -0.15) is 4.98 Å². The Morgan fingerprint density at radius 2 is 1.76 bits per heavy atom. The van der Waals surface area contributed by atoms with Gasteiger partial charge in [-0.3, -0.25) is 0 Å². The maximum atomic E-state index is 14.0. The number of allylic oxidation sites excluding steroid dienone is 1. The molecule has 1 atom stereocenters. The van der Waals surface area contributed by atoms with E-state index in [1.165, 1.54) is 17.5 Å². The van der Waals surface area contributed by atoms with E-state index in [1.54, 1.807) is 16.4 Å². The number of nitrogens with zero attached hydrogens (tertiary/aromatic N) is 3. The molecule has 1 fully saturated rings. The summed E-state index contributed by atoms with van der Waals surface area (Å²) in [6, 6.07) is 21.8. The number of hydrogen-bond donors (Lipinski definition) is 1. The van der Waals surface area contributed by atoms with E-state index in [2.05, 4.69) is 64.6 Å². The van der Waals surface area contributed by atoms with Crippen LogP contribution in [0, 0.1) is 6.92 Å². The van der Waals surface area contributed by atoms with Crippen molar-refractivity contribution in [2.45, 2.75) is 82.5 Å². The monoisotopic (exact) mass is 702 g/mol. The number of carbonyl (C=O) groups is 1. The van der Waals surface area contributed by atoms with Gasteiger partial charge in [0, 0.05) is 11.4 Å². The van der Waals surface area contributed by atoms with Crippen LogP contribution in [0.5, 0.6) is 11.5 Å². The predicted molar refractivity (Wildman–Crippen MR) is 184 cm³/mol. The molecule has 2 heterocycles. The molecular weight excluding hydrogens is 664 g/mol. The van der Waals surface area contributed by atoms with Crippen molar-refractivity contribution in [3.63, 3.8) is 0 Å². The van der Waals surface area contributed by atoms with Gasteiger partial charge in [-0.05, 0) is 91.2 Å². The molecule has 1 unspecified atom stereocenters. The fourth-order valence-corrected chi connectivity index (χ4v) is 7.23. The fourth-order valence-electron chi connectivity index (χ4n) is 5.87. The number of rotatable bonds is 11. The number of anilines is 1. The van der Waals surface area contributed by atoms with Crippen LogP contribution in [0.1, 0.15) is 74.2 Å². The maximum absolute atomic E-state index is 14.0. The van der Waals surface area contributed by atoms with Crippen molar-refractivity contribution in [2.75, 3.05) is 11.9 Å². The third-order valence-electron chi connectivity index (χ3n) is 8.24. The summed E-state index contributed by atoms with van der Waals surface area (Å²) in [7, 11) is 0. The summed E-state index contributed by atoms with van der Waals surface area (Å²) < 4.78 is 21.1. The van der Waals surface area contributed by atoms with Crippen molar-refractivity contribution >= 4 is 39.6 Å². The van der Waals surface area contributed by atoms with E-state index in [1.807, 2.05) is 44.2 Å². The molecule has 0 amide bonds. The molecule has 3 aromatic carbocycles. The molecule has 1 saturated carbocycles. The summed E-state index contributed by atoms with van der Waals surface area (Å²) in [5, 5.41) is 8.89. The molecule has 240 valence electrons. The highest BCUT2D eigenvalue weighted by Crippen LogP contribution is 2.44. The SMILES string of the molecule is CCOc1cc(C2C(C(=O)OC3CCCCC3)=C(C)Nc3nc(SCc4ccccc4)nn32)cc(Br)c1OCc1ccc(C)cc1. The lowest BCUT2D eigenvalue weighted by atomic mass is 9.94. The number of aryl methyl sites for hydroxylation is 1. The summed E-state index contributed by atoms with van der Waals surface area (Å²) >= 11 is 5.32. The lowest BCUT2D eigenvalue weighted by molar-refractivity contribution is -0.146. The summed E-state index contributed by atoms with van der Waals surface area (Å²) in [5.41, 5.74) is 5.44. The van der Waals surface area contributed by atoms with Crippen LogP contribution in [0.4, 0.5) is 5.95 Å². The topological polar surface area (TPSA) is 87.5 Å². The number of halogens is 1.